The molecule has 10 nitrogen and oxygen atoms in total. The summed E-state index contributed by atoms with van der Waals surface area (Å²) in [5.74, 6) is -2.54. The van der Waals surface area contributed by atoms with E-state index in [1.165, 1.54) is 12.1 Å². The molecule has 5 rings (SSSR count). The normalized spacial score (nSPS) is 17.7. The summed E-state index contributed by atoms with van der Waals surface area (Å²) in [6, 6.07) is 8.98. The van der Waals surface area contributed by atoms with Crippen molar-refractivity contribution < 1.29 is 22.7 Å². The van der Waals surface area contributed by atoms with Gasteiger partial charge in [0.15, 0.2) is 5.69 Å². The van der Waals surface area contributed by atoms with E-state index in [9.17, 15) is 22.8 Å². The van der Waals surface area contributed by atoms with Crippen molar-refractivity contribution >= 4 is 28.5 Å². The second kappa shape index (κ2) is 9.81. The van der Waals surface area contributed by atoms with E-state index in [1.54, 1.807) is 24.5 Å². The fourth-order valence-corrected chi connectivity index (χ4v) is 4.39. The number of nitrogens with zero attached hydrogens (tertiary/aromatic N) is 4. The van der Waals surface area contributed by atoms with E-state index in [4.69, 9.17) is 21.6 Å². The monoisotopic (exact) mass is 543 g/mol. The first-order valence-corrected chi connectivity index (χ1v) is 11.5. The number of rotatable bonds is 5. The molecule has 194 valence electrons. The molecule has 0 bridgehead atoms. The maximum absolute atomic E-state index is 13.7. The zero-order valence-electron chi connectivity index (χ0n) is 19.2. The van der Waals surface area contributed by atoms with Gasteiger partial charge in [-0.3, -0.25) is 19.5 Å². The first kappa shape index (κ1) is 25.2. The van der Waals surface area contributed by atoms with E-state index in [-0.39, 0.29) is 29.4 Å². The number of halogens is 4. The van der Waals surface area contributed by atoms with E-state index in [2.05, 4.69) is 25.6 Å². The minimum Gasteiger partial charge on any atom is -0.449 e. The molecule has 3 aromatic heterocycles. The lowest BCUT2D eigenvalue weighted by Crippen LogP contribution is -2.52. The molecule has 0 aliphatic carbocycles. The average molecular weight is 544 g/mol. The molecule has 4 heterocycles. The molecule has 1 amide bonds. The Morgan fingerprint density at radius 3 is 2.76 bits per heavy atom. The number of fused-ring (bicyclic) bond motifs is 1. The van der Waals surface area contributed by atoms with Crippen LogP contribution in [0.4, 0.5) is 13.2 Å². The quantitative estimate of drug-likeness (QED) is 0.350. The fourth-order valence-electron chi connectivity index (χ4n) is 4.17. The minimum atomic E-state index is -5.00. The van der Waals surface area contributed by atoms with Gasteiger partial charge >= 0.3 is 6.18 Å². The Morgan fingerprint density at radius 2 is 2.03 bits per heavy atom. The minimum absolute atomic E-state index is 0.0240. The Kier molecular flexibility index (Phi) is 6.52. The molecule has 1 fully saturated rings. The van der Waals surface area contributed by atoms with Gasteiger partial charge in [-0.15, -0.1) is 0 Å². The summed E-state index contributed by atoms with van der Waals surface area (Å²) < 4.78 is 47.1. The lowest BCUT2D eigenvalue weighted by molar-refractivity contribution is -0.142. The first-order chi connectivity index (χ1) is 18.1. The van der Waals surface area contributed by atoms with Gasteiger partial charge in [0.1, 0.15) is 17.6 Å². The number of amides is 1. The van der Waals surface area contributed by atoms with Crippen LogP contribution in [0.15, 0.2) is 53.8 Å². The zero-order valence-corrected chi connectivity index (χ0v) is 20.0. The zero-order chi connectivity index (χ0) is 27.0. The number of nitriles is 1. The molecule has 3 N–H and O–H groups in total. The summed E-state index contributed by atoms with van der Waals surface area (Å²) in [5, 5.41) is 16.0. The third-order valence-electron chi connectivity index (χ3n) is 5.93. The van der Waals surface area contributed by atoms with Crippen molar-refractivity contribution in [3.05, 3.63) is 81.3 Å². The number of benzene rings is 1. The lowest BCUT2D eigenvalue weighted by atomic mass is 10.0. The number of ether oxygens (including phenoxy) is 1. The molecule has 1 aliphatic rings. The Morgan fingerprint density at radius 1 is 1.21 bits per heavy atom. The molecular formula is C24H17ClF3N7O3. The molecule has 2 atom stereocenters. The van der Waals surface area contributed by atoms with Crippen LogP contribution in [0.3, 0.4) is 0 Å². The van der Waals surface area contributed by atoms with Crippen LogP contribution in [-0.2, 0) is 17.5 Å². The Hall–Kier alpha value is -4.41. The summed E-state index contributed by atoms with van der Waals surface area (Å²) in [6.07, 6.45) is -1.48. The second-order valence-corrected chi connectivity index (χ2v) is 8.89. The standard InChI is InChI=1S/C24H17ClF3N7O3/c25-14-5-12(8-29)6-15(7-14)38-18-19(24(26,27)28)33-11-35(23(18)37)10-13-9-32-21(34-22(13)36)17-2-4-31-20-16(17)1-3-30-20/h1-7,11,13,21,32H,9-10H2,(H,30,31)(H,34,36). The molecule has 0 spiro atoms. The van der Waals surface area contributed by atoms with Gasteiger partial charge in [0.05, 0.1) is 23.9 Å². The molecule has 1 aliphatic heterocycles. The second-order valence-electron chi connectivity index (χ2n) is 8.45. The van der Waals surface area contributed by atoms with Crippen molar-refractivity contribution in [1.29, 1.82) is 5.26 Å². The highest BCUT2D eigenvalue weighted by atomic mass is 35.5. The summed E-state index contributed by atoms with van der Waals surface area (Å²) in [6.45, 7) is -0.130. The smallest absolute Gasteiger partial charge is 0.437 e. The van der Waals surface area contributed by atoms with Crippen molar-refractivity contribution in [3.63, 3.8) is 0 Å². The highest BCUT2D eigenvalue weighted by Crippen LogP contribution is 2.35. The molecule has 1 saturated heterocycles. The van der Waals surface area contributed by atoms with Gasteiger partial charge in [-0.25, -0.2) is 9.97 Å². The third-order valence-corrected chi connectivity index (χ3v) is 6.15. The summed E-state index contributed by atoms with van der Waals surface area (Å²) in [4.78, 5) is 36.6. The largest absolute Gasteiger partial charge is 0.449 e. The molecule has 1 aromatic carbocycles. The number of hydrogen-bond acceptors (Lipinski definition) is 7. The van der Waals surface area contributed by atoms with Crippen LogP contribution >= 0.6 is 11.6 Å². The predicted molar refractivity (Wildman–Crippen MR) is 128 cm³/mol. The average Bonchev–Trinajstić information content (AvgIpc) is 3.35. The van der Waals surface area contributed by atoms with E-state index in [1.807, 2.05) is 6.07 Å². The lowest BCUT2D eigenvalue weighted by Gasteiger charge is -2.31. The van der Waals surface area contributed by atoms with Crippen molar-refractivity contribution in [3.8, 4) is 17.6 Å². The third kappa shape index (κ3) is 4.91. The van der Waals surface area contributed by atoms with Gasteiger partial charge < -0.3 is 15.0 Å². The SMILES string of the molecule is N#Cc1cc(Cl)cc(Oc2c(C(F)(F)F)ncn(CC3CNC(c4ccnc5[nH]ccc45)NC3=O)c2=O)c1. The summed E-state index contributed by atoms with van der Waals surface area (Å²) in [7, 11) is 0. The van der Waals surface area contributed by atoms with E-state index in [0.717, 1.165) is 27.9 Å². The van der Waals surface area contributed by atoms with Crippen LogP contribution in [0.2, 0.25) is 5.02 Å². The van der Waals surface area contributed by atoms with Crippen LogP contribution in [0.25, 0.3) is 11.0 Å². The molecule has 38 heavy (non-hydrogen) atoms. The van der Waals surface area contributed by atoms with Crippen molar-refractivity contribution in [1.82, 2.24) is 30.2 Å². The van der Waals surface area contributed by atoms with Gasteiger partial charge in [-0.1, -0.05) is 11.6 Å². The molecule has 0 radical (unpaired) electrons. The van der Waals surface area contributed by atoms with E-state index in [0.29, 0.717) is 5.65 Å². The highest BCUT2D eigenvalue weighted by Gasteiger charge is 2.39. The number of aromatic amines is 1. The van der Waals surface area contributed by atoms with Gasteiger partial charge in [-0.2, -0.15) is 18.4 Å². The van der Waals surface area contributed by atoms with Crippen LogP contribution < -0.4 is 20.9 Å². The number of nitrogens with one attached hydrogen (secondary N) is 3. The maximum Gasteiger partial charge on any atom is 0.437 e. The molecule has 4 aromatic rings. The maximum atomic E-state index is 13.7. The molecule has 2 unspecified atom stereocenters. The molecular weight excluding hydrogens is 527 g/mol. The first-order valence-electron chi connectivity index (χ1n) is 11.1. The van der Waals surface area contributed by atoms with Crippen molar-refractivity contribution in [2.45, 2.75) is 18.9 Å². The number of H-pyrrole nitrogens is 1. The number of carbonyl (C=O) groups excluding carboxylic acids is 1. The van der Waals surface area contributed by atoms with E-state index >= 15 is 0 Å². The number of aromatic nitrogens is 4. The van der Waals surface area contributed by atoms with Gasteiger partial charge in [0.2, 0.25) is 11.7 Å². The Labute approximate surface area is 217 Å². The summed E-state index contributed by atoms with van der Waals surface area (Å²) in [5.41, 5.74) is -1.24. The van der Waals surface area contributed by atoms with Crippen LogP contribution in [-0.4, -0.2) is 32.0 Å². The number of pyridine rings is 1. The van der Waals surface area contributed by atoms with Crippen LogP contribution in [0.1, 0.15) is 23.0 Å². The van der Waals surface area contributed by atoms with Crippen LogP contribution in [0, 0.1) is 17.2 Å². The summed E-state index contributed by atoms with van der Waals surface area (Å²) >= 11 is 5.91. The fraction of sp³-hybridized carbons (Fsp3) is 0.208. The Balaban J connectivity index is 1.41. The number of hydrogen-bond donors (Lipinski definition) is 3. The van der Waals surface area contributed by atoms with E-state index < -0.39 is 41.2 Å². The molecule has 0 saturated carbocycles. The van der Waals surface area contributed by atoms with Gasteiger partial charge in [0.25, 0.3) is 5.56 Å². The predicted octanol–water partition coefficient (Wildman–Crippen LogP) is 3.49. The van der Waals surface area contributed by atoms with Gasteiger partial charge in [-0.05, 0) is 30.3 Å². The van der Waals surface area contributed by atoms with Crippen molar-refractivity contribution in [2.24, 2.45) is 5.92 Å². The highest BCUT2D eigenvalue weighted by molar-refractivity contribution is 6.30. The molecule has 14 heteroatoms. The number of alkyl halides is 3. The Bertz CT molecular complexity index is 1640. The number of carbonyl (C=O) groups is 1. The van der Waals surface area contributed by atoms with Crippen LogP contribution in [0.5, 0.6) is 11.5 Å². The van der Waals surface area contributed by atoms with Gasteiger partial charge in [0, 0.05) is 41.5 Å². The topological polar surface area (TPSA) is 138 Å². The van der Waals surface area contributed by atoms with Crippen molar-refractivity contribution in [2.75, 3.05) is 6.54 Å².